The smallest absolute Gasteiger partial charge is 0.254 e. The molecule has 0 bridgehead atoms. The van der Waals surface area contributed by atoms with Gasteiger partial charge in [0.05, 0.1) is 12.6 Å². The second-order valence-corrected chi connectivity index (χ2v) is 5.81. The van der Waals surface area contributed by atoms with Crippen molar-refractivity contribution in [1.82, 2.24) is 14.5 Å². The predicted octanol–water partition coefficient (Wildman–Crippen LogP) is 1.02. The zero-order valence-electron chi connectivity index (χ0n) is 13.2. The van der Waals surface area contributed by atoms with Crippen LogP contribution in [0.1, 0.15) is 29.0 Å². The first-order valence-electron chi connectivity index (χ1n) is 7.54. The van der Waals surface area contributed by atoms with Crippen molar-refractivity contribution in [2.75, 3.05) is 20.2 Å². The van der Waals surface area contributed by atoms with E-state index in [4.69, 9.17) is 15.7 Å². The largest absolute Gasteiger partial charge is 0.494 e. The highest BCUT2D eigenvalue weighted by molar-refractivity contribution is 5.99. The van der Waals surface area contributed by atoms with Gasteiger partial charge < -0.3 is 19.9 Å². The molecule has 2 aromatic rings. The van der Waals surface area contributed by atoms with Gasteiger partial charge in [0.15, 0.2) is 0 Å². The summed E-state index contributed by atoms with van der Waals surface area (Å²) in [6.45, 7) is 1.27. The number of imidazole rings is 1. The molecule has 1 aliphatic heterocycles. The number of hydrogen-bond acceptors (Lipinski definition) is 5. The maximum Gasteiger partial charge on any atom is 0.254 e. The lowest BCUT2D eigenvalue weighted by Gasteiger charge is -2.30. The van der Waals surface area contributed by atoms with Gasteiger partial charge in [-0.05, 0) is 25.0 Å². The number of ether oxygens (including phenoxy) is 1. The molecule has 1 aromatic heterocycles. The Balaban J connectivity index is 2.05. The highest BCUT2D eigenvalue weighted by Crippen LogP contribution is 2.28. The third-order valence-electron chi connectivity index (χ3n) is 4.25. The van der Waals surface area contributed by atoms with Crippen molar-refractivity contribution in [3.05, 3.63) is 23.5 Å². The molecule has 1 amide bonds. The number of amides is 1. The average molecular weight is 313 g/mol. The van der Waals surface area contributed by atoms with Crippen LogP contribution >= 0.6 is 0 Å². The molecular weight excluding hydrogens is 294 g/mol. The summed E-state index contributed by atoms with van der Waals surface area (Å²) in [5, 5.41) is 9.13. The number of nitriles is 1. The van der Waals surface area contributed by atoms with Crippen LogP contribution < -0.4 is 10.5 Å². The quantitative estimate of drug-likeness (QED) is 0.892. The Hall–Kier alpha value is -2.59. The lowest BCUT2D eigenvalue weighted by Crippen LogP contribution is -2.45. The number of piperidine rings is 1. The number of fused-ring (bicyclic) bond motifs is 1. The Morgan fingerprint density at radius 1 is 1.52 bits per heavy atom. The molecule has 0 unspecified atom stereocenters. The normalized spacial score (nSPS) is 18.0. The van der Waals surface area contributed by atoms with E-state index in [9.17, 15) is 4.79 Å². The summed E-state index contributed by atoms with van der Waals surface area (Å²) in [5.74, 6) is 0.732. The van der Waals surface area contributed by atoms with E-state index in [1.165, 1.54) is 0 Å². The summed E-state index contributed by atoms with van der Waals surface area (Å²) < 4.78 is 7.07. The van der Waals surface area contributed by atoms with Crippen molar-refractivity contribution in [3.63, 3.8) is 0 Å². The zero-order valence-corrected chi connectivity index (χ0v) is 13.2. The summed E-state index contributed by atoms with van der Waals surface area (Å²) in [6, 6.07) is 5.48. The number of aromatic nitrogens is 2. The van der Waals surface area contributed by atoms with Crippen molar-refractivity contribution in [3.8, 4) is 11.8 Å². The molecule has 7 heteroatoms. The number of hydrogen-bond donors (Lipinski definition) is 1. The molecule has 1 atom stereocenters. The number of nitrogens with zero attached hydrogens (tertiary/aromatic N) is 4. The van der Waals surface area contributed by atoms with Crippen molar-refractivity contribution >= 4 is 16.9 Å². The van der Waals surface area contributed by atoms with Crippen LogP contribution in [-0.2, 0) is 7.05 Å². The predicted molar refractivity (Wildman–Crippen MR) is 85.1 cm³/mol. The van der Waals surface area contributed by atoms with Gasteiger partial charge in [0, 0.05) is 31.7 Å². The summed E-state index contributed by atoms with van der Waals surface area (Å²) in [6.07, 6.45) is 1.85. The van der Waals surface area contributed by atoms with Crippen LogP contribution in [0.2, 0.25) is 0 Å². The van der Waals surface area contributed by atoms with Crippen LogP contribution in [-0.4, -0.2) is 46.6 Å². The van der Waals surface area contributed by atoms with Crippen LogP contribution in [0.5, 0.6) is 5.75 Å². The van der Waals surface area contributed by atoms with Gasteiger partial charge in [-0.1, -0.05) is 0 Å². The van der Waals surface area contributed by atoms with E-state index < -0.39 is 0 Å². The first-order chi connectivity index (χ1) is 11.0. The molecule has 120 valence electrons. The number of carbonyl (C=O) groups is 1. The van der Waals surface area contributed by atoms with Gasteiger partial charge in [0.1, 0.15) is 17.3 Å². The first-order valence-corrected chi connectivity index (χ1v) is 7.54. The Morgan fingerprint density at radius 3 is 2.96 bits per heavy atom. The van der Waals surface area contributed by atoms with Crippen molar-refractivity contribution in [1.29, 1.82) is 5.26 Å². The van der Waals surface area contributed by atoms with Crippen LogP contribution in [0.3, 0.4) is 0 Å². The number of carbonyl (C=O) groups excluding carboxylic acids is 1. The minimum atomic E-state index is -0.0792. The number of benzene rings is 1. The fraction of sp³-hybridized carbons (Fsp3) is 0.438. The molecule has 1 aliphatic rings. The average Bonchev–Trinajstić information content (AvgIpc) is 2.89. The van der Waals surface area contributed by atoms with Gasteiger partial charge in [0.2, 0.25) is 5.82 Å². The molecule has 0 aliphatic carbocycles. The van der Waals surface area contributed by atoms with Crippen LogP contribution in [0, 0.1) is 11.3 Å². The molecule has 2 N–H and O–H groups in total. The van der Waals surface area contributed by atoms with E-state index in [2.05, 4.69) is 4.98 Å². The summed E-state index contributed by atoms with van der Waals surface area (Å²) in [7, 11) is 3.29. The summed E-state index contributed by atoms with van der Waals surface area (Å²) in [4.78, 5) is 18.8. The Kier molecular flexibility index (Phi) is 3.92. The molecule has 1 fully saturated rings. The molecule has 7 nitrogen and oxygen atoms in total. The minimum Gasteiger partial charge on any atom is -0.494 e. The molecule has 0 spiro atoms. The van der Waals surface area contributed by atoms with Gasteiger partial charge in [0.25, 0.3) is 5.91 Å². The van der Waals surface area contributed by atoms with E-state index in [1.54, 1.807) is 35.8 Å². The number of aryl methyl sites for hydroxylation is 1. The number of likely N-dealkylation sites (tertiary alicyclic amines) is 1. The fourth-order valence-corrected chi connectivity index (χ4v) is 3.07. The standard InChI is InChI=1S/C16H19N5O2/c1-20-14(8-17)19-12-6-10(7-13(23-2)15(12)20)16(22)21-5-3-4-11(18)9-21/h6-7,11H,3-5,9,18H2,1-2H3/t11-/m1/s1. The van der Waals surface area contributed by atoms with Gasteiger partial charge in [-0.2, -0.15) is 5.26 Å². The van der Waals surface area contributed by atoms with Crippen LogP contribution in [0.4, 0.5) is 0 Å². The maximum atomic E-state index is 12.7. The molecular formula is C16H19N5O2. The number of methoxy groups -OCH3 is 1. The third-order valence-corrected chi connectivity index (χ3v) is 4.25. The molecule has 0 saturated carbocycles. The topological polar surface area (TPSA) is 97.2 Å². The molecule has 1 aromatic carbocycles. The Labute approximate surface area is 134 Å². The highest BCUT2D eigenvalue weighted by Gasteiger charge is 2.24. The SMILES string of the molecule is COc1cc(C(=O)N2CCC[C@@H](N)C2)cc2nc(C#N)n(C)c12. The monoisotopic (exact) mass is 313 g/mol. The van der Waals surface area contributed by atoms with Gasteiger partial charge in [-0.3, -0.25) is 4.79 Å². The number of rotatable bonds is 2. The second kappa shape index (κ2) is 5.89. The van der Waals surface area contributed by atoms with Gasteiger partial charge >= 0.3 is 0 Å². The van der Waals surface area contributed by atoms with Gasteiger partial charge in [-0.25, -0.2) is 4.98 Å². The summed E-state index contributed by atoms with van der Waals surface area (Å²) >= 11 is 0. The lowest BCUT2D eigenvalue weighted by molar-refractivity contribution is 0.0708. The van der Waals surface area contributed by atoms with Crippen molar-refractivity contribution < 1.29 is 9.53 Å². The van der Waals surface area contributed by atoms with E-state index >= 15 is 0 Å². The van der Waals surface area contributed by atoms with Crippen LogP contribution in [0.15, 0.2) is 12.1 Å². The van der Waals surface area contributed by atoms with Crippen LogP contribution in [0.25, 0.3) is 11.0 Å². The Bertz CT molecular complexity index is 805. The molecule has 0 radical (unpaired) electrons. The molecule has 23 heavy (non-hydrogen) atoms. The third kappa shape index (κ3) is 2.62. The first kappa shape index (κ1) is 15.3. The van der Waals surface area contributed by atoms with Crippen molar-refractivity contribution in [2.45, 2.75) is 18.9 Å². The van der Waals surface area contributed by atoms with E-state index in [0.29, 0.717) is 35.4 Å². The number of nitrogens with two attached hydrogens (primary N) is 1. The zero-order chi connectivity index (χ0) is 16.6. The van der Waals surface area contributed by atoms with E-state index in [0.717, 1.165) is 12.8 Å². The summed E-state index contributed by atoms with van der Waals surface area (Å²) in [5.41, 5.74) is 7.75. The second-order valence-electron chi connectivity index (χ2n) is 5.81. The molecule has 3 rings (SSSR count). The molecule has 2 heterocycles. The minimum absolute atomic E-state index is 0.0263. The van der Waals surface area contributed by atoms with Crippen molar-refractivity contribution in [2.24, 2.45) is 12.8 Å². The Morgan fingerprint density at radius 2 is 2.30 bits per heavy atom. The highest BCUT2D eigenvalue weighted by atomic mass is 16.5. The lowest BCUT2D eigenvalue weighted by atomic mass is 10.0. The van der Waals surface area contributed by atoms with E-state index in [-0.39, 0.29) is 17.8 Å². The molecule has 1 saturated heterocycles. The maximum absolute atomic E-state index is 12.7. The van der Waals surface area contributed by atoms with Gasteiger partial charge in [-0.15, -0.1) is 0 Å². The van der Waals surface area contributed by atoms with E-state index in [1.807, 2.05) is 6.07 Å². The fourth-order valence-electron chi connectivity index (χ4n) is 3.07.